The van der Waals surface area contributed by atoms with E-state index in [4.69, 9.17) is 18.9 Å². The average Bonchev–Trinajstić information content (AvgIpc) is 2.83. The average molecular weight is 452 g/mol. The van der Waals surface area contributed by atoms with Crippen LogP contribution in [0.5, 0.6) is 17.4 Å². The largest absolute Gasteiger partial charge is 0.496 e. The number of ether oxygens (including phenoxy) is 4. The fourth-order valence-corrected chi connectivity index (χ4v) is 4.07. The molecule has 0 atom stereocenters. The summed E-state index contributed by atoms with van der Waals surface area (Å²) in [5.74, 6) is 1.88. The van der Waals surface area contributed by atoms with E-state index in [0.29, 0.717) is 24.7 Å². The predicted molar refractivity (Wildman–Crippen MR) is 125 cm³/mol. The highest BCUT2D eigenvalue weighted by atomic mass is 16.6. The summed E-state index contributed by atoms with van der Waals surface area (Å²) in [6.07, 6.45) is 4.48. The molecule has 8 heteroatoms. The summed E-state index contributed by atoms with van der Waals surface area (Å²) in [5, 5.41) is 0.893. The number of nitrogens with zero attached hydrogens (tertiary/aromatic N) is 3. The number of hydrogen-bond acceptors (Lipinski definition) is 7. The van der Waals surface area contributed by atoms with Crippen molar-refractivity contribution < 1.29 is 23.7 Å². The number of hydrogen-bond donors (Lipinski definition) is 0. The normalized spacial score (nSPS) is 14.4. The minimum Gasteiger partial charge on any atom is -0.496 e. The maximum absolute atomic E-state index is 12.2. The molecular weight excluding hydrogens is 422 g/mol. The van der Waals surface area contributed by atoms with E-state index in [9.17, 15) is 4.79 Å². The van der Waals surface area contributed by atoms with E-state index in [1.807, 2.05) is 38.1 Å². The Balaban J connectivity index is 1.60. The summed E-state index contributed by atoms with van der Waals surface area (Å²) in [6, 6.07) is 9.60. The van der Waals surface area contributed by atoms with Crippen molar-refractivity contribution in [2.45, 2.75) is 38.9 Å². The molecule has 3 heterocycles. The number of likely N-dealkylation sites (tertiary alicyclic amines) is 1. The quantitative estimate of drug-likeness (QED) is 0.537. The lowest BCUT2D eigenvalue weighted by Crippen LogP contribution is -2.42. The second kappa shape index (κ2) is 9.94. The summed E-state index contributed by atoms with van der Waals surface area (Å²) < 4.78 is 22.8. The van der Waals surface area contributed by atoms with Crippen LogP contribution in [0, 0.1) is 0 Å². The van der Waals surface area contributed by atoms with Crippen LogP contribution in [0.2, 0.25) is 0 Å². The van der Waals surface area contributed by atoms with E-state index in [1.165, 1.54) is 0 Å². The van der Waals surface area contributed by atoms with Gasteiger partial charge in [0.15, 0.2) is 0 Å². The van der Waals surface area contributed by atoms with Crippen molar-refractivity contribution in [1.29, 1.82) is 0 Å². The molecule has 33 heavy (non-hydrogen) atoms. The van der Waals surface area contributed by atoms with Crippen LogP contribution < -0.4 is 14.2 Å². The third-order valence-electron chi connectivity index (χ3n) is 5.62. The fourth-order valence-electron chi connectivity index (χ4n) is 4.07. The summed E-state index contributed by atoms with van der Waals surface area (Å²) >= 11 is 0. The topological polar surface area (TPSA) is 83.0 Å². The summed E-state index contributed by atoms with van der Waals surface area (Å²) in [4.78, 5) is 22.9. The van der Waals surface area contributed by atoms with Gasteiger partial charge in [-0.3, -0.25) is 4.98 Å². The second-order valence-corrected chi connectivity index (χ2v) is 8.15. The number of pyridine rings is 2. The van der Waals surface area contributed by atoms with Gasteiger partial charge >= 0.3 is 6.09 Å². The Hall–Kier alpha value is -3.55. The molecule has 4 rings (SSSR count). The number of amides is 1. The monoisotopic (exact) mass is 451 g/mol. The molecule has 1 aromatic carbocycles. The van der Waals surface area contributed by atoms with Gasteiger partial charge in [0, 0.05) is 49.3 Å². The summed E-state index contributed by atoms with van der Waals surface area (Å²) in [6.45, 7) is 4.92. The molecule has 174 valence electrons. The van der Waals surface area contributed by atoms with E-state index in [2.05, 4.69) is 9.97 Å². The molecule has 0 radical (unpaired) electrons. The molecule has 0 saturated carbocycles. The van der Waals surface area contributed by atoms with Gasteiger partial charge < -0.3 is 23.8 Å². The summed E-state index contributed by atoms with van der Waals surface area (Å²) in [7, 11) is 3.20. The number of para-hydroxylation sites is 1. The van der Waals surface area contributed by atoms with Gasteiger partial charge in [0.05, 0.1) is 31.4 Å². The number of methoxy groups -OCH3 is 2. The highest BCUT2D eigenvalue weighted by Crippen LogP contribution is 2.41. The van der Waals surface area contributed by atoms with Crippen LogP contribution in [0.3, 0.4) is 0 Å². The number of piperidine rings is 1. The first kappa shape index (κ1) is 22.6. The number of carbonyl (C=O) groups is 1. The molecule has 1 amide bonds. The van der Waals surface area contributed by atoms with Crippen molar-refractivity contribution in [1.82, 2.24) is 14.9 Å². The van der Waals surface area contributed by atoms with Gasteiger partial charge in [-0.25, -0.2) is 9.78 Å². The Morgan fingerprint density at radius 3 is 2.42 bits per heavy atom. The van der Waals surface area contributed by atoms with E-state index in [-0.39, 0.29) is 18.3 Å². The second-order valence-electron chi connectivity index (χ2n) is 8.15. The molecule has 0 bridgehead atoms. The van der Waals surface area contributed by atoms with Gasteiger partial charge in [-0.1, -0.05) is 12.1 Å². The first-order chi connectivity index (χ1) is 16.0. The van der Waals surface area contributed by atoms with Gasteiger partial charge in [-0.2, -0.15) is 0 Å². The lowest BCUT2D eigenvalue weighted by molar-refractivity contribution is 0.0520. The maximum atomic E-state index is 12.2. The van der Waals surface area contributed by atoms with Crippen LogP contribution in [0.1, 0.15) is 26.7 Å². The molecular formula is C25H29N3O5. The Morgan fingerprint density at radius 1 is 1.00 bits per heavy atom. The van der Waals surface area contributed by atoms with Crippen molar-refractivity contribution in [2.75, 3.05) is 27.3 Å². The molecule has 2 aromatic heterocycles. The zero-order valence-corrected chi connectivity index (χ0v) is 19.4. The number of fused-ring (bicyclic) bond motifs is 1. The van der Waals surface area contributed by atoms with E-state index >= 15 is 0 Å². The standard InChI is InChI=1S/C25H29N3O5/c1-16(2)32-25(29)28-14-10-17(11-15-28)33-20-8-12-26-23-18(20)6-5-7-19(23)22-21(30-3)9-13-27-24(22)31-4/h5-9,12-13,16-17H,10-11,14-15H2,1-4H3. The van der Waals surface area contributed by atoms with Gasteiger partial charge in [-0.15, -0.1) is 0 Å². The van der Waals surface area contributed by atoms with Crippen molar-refractivity contribution in [2.24, 2.45) is 0 Å². The van der Waals surface area contributed by atoms with E-state index in [1.54, 1.807) is 37.6 Å². The Morgan fingerprint density at radius 2 is 1.73 bits per heavy atom. The van der Waals surface area contributed by atoms with Crippen LogP contribution in [-0.4, -0.2) is 60.5 Å². The van der Waals surface area contributed by atoms with Gasteiger partial charge in [-0.05, 0) is 32.0 Å². The predicted octanol–water partition coefficient (Wildman–Crippen LogP) is 4.70. The van der Waals surface area contributed by atoms with Gasteiger partial charge in [0.25, 0.3) is 0 Å². The van der Waals surface area contributed by atoms with Crippen molar-refractivity contribution in [3.05, 3.63) is 42.7 Å². The van der Waals surface area contributed by atoms with Crippen molar-refractivity contribution in [3.8, 4) is 28.5 Å². The molecule has 0 N–H and O–H groups in total. The number of carbonyl (C=O) groups excluding carboxylic acids is 1. The SMILES string of the molecule is COc1ccnc(OC)c1-c1cccc2c(OC3CCN(C(=O)OC(C)C)CC3)ccnc12. The van der Waals surface area contributed by atoms with Gasteiger partial charge in [0.1, 0.15) is 17.6 Å². The number of aromatic nitrogens is 2. The third-order valence-corrected chi connectivity index (χ3v) is 5.62. The zero-order chi connectivity index (χ0) is 23.4. The lowest BCUT2D eigenvalue weighted by atomic mass is 10.0. The van der Waals surface area contributed by atoms with Crippen molar-refractivity contribution >= 4 is 17.0 Å². The Bertz CT molecular complexity index is 1100. The third kappa shape index (κ3) is 4.79. The smallest absolute Gasteiger partial charge is 0.410 e. The van der Waals surface area contributed by atoms with Crippen LogP contribution in [0.25, 0.3) is 22.0 Å². The Labute approximate surface area is 193 Å². The molecule has 3 aromatic rings. The Kier molecular flexibility index (Phi) is 6.82. The highest BCUT2D eigenvalue weighted by Gasteiger charge is 2.26. The molecule has 8 nitrogen and oxygen atoms in total. The molecule has 0 unspecified atom stereocenters. The van der Waals surface area contributed by atoms with Crippen LogP contribution in [0.15, 0.2) is 42.7 Å². The van der Waals surface area contributed by atoms with Crippen molar-refractivity contribution in [3.63, 3.8) is 0 Å². The lowest BCUT2D eigenvalue weighted by Gasteiger charge is -2.32. The molecule has 0 spiro atoms. The minimum atomic E-state index is -0.262. The number of rotatable bonds is 6. The van der Waals surface area contributed by atoms with Crippen LogP contribution >= 0.6 is 0 Å². The molecule has 1 saturated heterocycles. The van der Waals surface area contributed by atoms with Crippen LogP contribution in [0.4, 0.5) is 4.79 Å². The first-order valence-electron chi connectivity index (χ1n) is 11.1. The number of benzene rings is 1. The molecule has 0 aliphatic carbocycles. The van der Waals surface area contributed by atoms with E-state index < -0.39 is 0 Å². The first-order valence-corrected chi connectivity index (χ1v) is 11.1. The highest BCUT2D eigenvalue weighted by molar-refractivity contribution is 5.99. The van der Waals surface area contributed by atoms with Crippen LogP contribution in [-0.2, 0) is 4.74 Å². The molecule has 1 aliphatic heterocycles. The zero-order valence-electron chi connectivity index (χ0n) is 19.4. The minimum absolute atomic E-state index is 0.00446. The molecule has 1 aliphatic rings. The van der Waals surface area contributed by atoms with E-state index in [0.717, 1.165) is 40.6 Å². The maximum Gasteiger partial charge on any atom is 0.410 e. The summed E-state index contributed by atoms with van der Waals surface area (Å²) in [5.41, 5.74) is 2.37. The van der Waals surface area contributed by atoms with Gasteiger partial charge in [0.2, 0.25) is 5.88 Å². The molecule has 1 fully saturated rings. The fraction of sp³-hybridized carbons (Fsp3) is 0.400.